The standard InChI is InChI=1S/C30H30FNO4/c1-20(2)16-18-36-25-10-6-9-23(19-25)27-26(28(33)22-11-13-24(31)14-12-22)29(34)30(35)32(27)17-15-21-7-4-3-5-8-21/h3-14,19-20,27,33H,15-18H2,1-2H3/b28-26+. The largest absolute Gasteiger partial charge is 0.507 e. The van der Waals surface area contributed by atoms with E-state index in [1.165, 1.54) is 29.2 Å². The van der Waals surface area contributed by atoms with Gasteiger partial charge in [-0.15, -0.1) is 0 Å². The molecule has 0 spiro atoms. The zero-order valence-corrected chi connectivity index (χ0v) is 20.5. The number of aliphatic hydroxyl groups excluding tert-OH is 1. The van der Waals surface area contributed by atoms with Crippen LogP contribution in [0.1, 0.15) is 43.0 Å². The third-order valence-corrected chi connectivity index (χ3v) is 6.28. The van der Waals surface area contributed by atoms with Gasteiger partial charge in [0.2, 0.25) is 0 Å². The highest BCUT2D eigenvalue weighted by Crippen LogP contribution is 2.40. The molecule has 1 atom stereocenters. The molecule has 0 aliphatic carbocycles. The highest BCUT2D eigenvalue weighted by molar-refractivity contribution is 6.46. The van der Waals surface area contributed by atoms with Gasteiger partial charge in [-0.25, -0.2) is 4.39 Å². The Morgan fingerprint density at radius 3 is 2.42 bits per heavy atom. The monoisotopic (exact) mass is 487 g/mol. The third kappa shape index (κ3) is 5.65. The van der Waals surface area contributed by atoms with Crippen molar-refractivity contribution in [2.75, 3.05) is 13.2 Å². The number of nitrogens with zero attached hydrogens (tertiary/aromatic N) is 1. The summed E-state index contributed by atoms with van der Waals surface area (Å²) in [6.45, 7) is 5.08. The number of hydrogen-bond donors (Lipinski definition) is 1. The van der Waals surface area contributed by atoms with E-state index in [1.807, 2.05) is 54.6 Å². The van der Waals surface area contributed by atoms with Crippen LogP contribution >= 0.6 is 0 Å². The van der Waals surface area contributed by atoms with E-state index in [2.05, 4.69) is 13.8 Å². The number of Topliss-reactive ketones (excluding diaryl/α,β-unsaturated/α-hetero) is 1. The van der Waals surface area contributed by atoms with Crippen LogP contribution in [0.5, 0.6) is 5.75 Å². The van der Waals surface area contributed by atoms with Crippen molar-refractivity contribution in [2.45, 2.75) is 32.7 Å². The molecule has 1 saturated heterocycles. The van der Waals surface area contributed by atoms with E-state index in [0.717, 1.165) is 12.0 Å². The molecule has 1 N–H and O–H groups in total. The molecule has 1 aliphatic heterocycles. The quantitative estimate of drug-likeness (QED) is 0.231. The number of amides is 1. The molecule has 1 unspecified atom stereocenters. The van der Waals surface area contributed by atoms with Crippen molar-refractivity contribution >= 4 is 17.4 Å². The summed E-state index contributed by atoms with van der Waals surface area (Å²) in [7, 11) is 0. The molecule has 6 heteroatoms. The van der Waals surface area contributed by atoms with E-state index < -0.39 is 23.5 Å². The second-order valence-electron chi connectivity index (χ2n) is 9.34. The lowest BCUT2D eigenvalue weighted by molar-refractivity contribution is -0.139. The van der Waals surface area contributed by atoms with Gasteiger partial charge in [0.1, 0.15) is 17.3 Å². The molecule has 1 aliphatic rings. The Balaban J connectivity index is 1.73. The summed E-state index contributed by atoms with van der Waals surface area (Å²) in [6.07, 6.45) is 1.44. The molecule has 1 heterocycles. The number of carbonyl (C=O) groups excluding carboxylic acids is 2. The minimum Gasteiger partial charge on any atom is -0.507 e. The number of aliphatic hydroxyl groups is 1. The molecule has 1 amide bonds. The van der Waals surface area contributed by atoms with Gasteiger partial charge in [0.05, 0.1) is 18.2 Å². The van der Waals surface area contributed by atoms with Crippen LogP contribution in [-0.2, 0) is 16.0 Å². The number of carbonyl (C=O) groups is 2. The third-order valence-electron chi connectivity index (χ3n) is 6.28. The van der Waals surface area contributed by atoms with E-state index in [-0.39, 0.29) is 23.4 Å². The molecule has 186 valence electrons. The number of rotatable bonds is 9. The van der Waals surface area contributed by atoms with Gasteiger partial charge < -0.3 is 14.7 Å². The highest BCUT2D eigenvalue weighted by Gasteiger charge is 2.46. The molecule has 36 heavy (non-hydrogen) atoms. The zero-order chi connectivity index (χ0) is 25.7. The number of benzene rings is 3. The van der Waals surface area contributed by atoms with Gasteiger partial charge >= 0.3 is 0 Å². The lowest BCUT2D eigenvalue weighted by Gasteiger charge is -2.26. The van der Waals surface area contributed by atoms with Crippen LogP contribution in [0.25, 0.3) is 5.76 Å². The van der Waals surface area contributed by atoms with Crippen LogP contribution in [0.3, 0.4) is 0 Å². The van der Waals surface area contributed by atoms with Crippen LogP contribution in [-0.4, -0.2) is 34.8 Å². The minimum atomic E-state index is -0.799. The predicted octanol–water partition coefficient (Wildman–Crippen LogP) is 5.92. The number of halogens is 1. The van der Waals surface area contributed by atoms with Crippen molar-refractivity contribution < 1.29 is 23.8 Å². The van der Waals surface area contributed by atoms with E-state index in [4.69, 9.17) is 4.74 Å². The van der Waals surface area contributed by atoms with Crippen molar-refractivity contribution in [1.29, 1.82) is 0 Å². The molecular formula is C30H30FNO4. The fourth-order valence-corrected chi connectivity index (χ4v) is 4.30. The van der Waals surface area contributed by atoms with Crippen molar-refractivity contribution in [3.8, 4) is 5.75 Å². The number of likely N-dealkylation sites (tertiary alicyclic amines) is 1. The van der Waals surface area contributed by atoms with Gasteiger partial charge in [0.15, 0.2) is 0 Å². The maximum atomic E-state index is 13.5. The summed E-state index contributed by atoms with van der Waals surface area (Å²) < 4.78 is 19.4. The molecule has 3 aromatic carbocycles. The van der Waals surface area contributed by atoms with Crippen LogP contribution in [0.4, 0.5) is 4.39 Å². The maximum Gasteiger partial charge on any atom is 0.295 e. The van der Waals surface area contributed by atoms with Gasteiger partial charge in [-0.1, -0.05) is 56.3 Å². The van der Waals surface area contributed by atoms with Crippen LogP contribution < -0.4 is 4.74 Å². The fraction of sp³-hybridized carbons (Fsp3) is 0.267. The summed E-state index contributed by atoms with van der Waals surface area (Å²) in [5, 5.41) is 11.1. The van der Waals surface area contributed by atoms with Gasteiger partial charge in [0, 0.05) is 12.1 Å². The van der Waals surface area contributed by atoms with Crippen LogP contribution in [0, 0.1) is 11.7 Å². The molecule has 0 aromatic heterocycles. The van der Waals surface area contributed by atoms with Crippen molar-refractivity contribution in [3.63, 3.8) is 0 Å². The van der Waals surface area contributed by atoms with Crippen LogP contribution in [0.15, 0.2) is 84.4 Å². The minimum absolute atomic E-state index is 0.0148. The lowest BCUT2D eigenvalue weighted by atomic mass is 9.95. The van der Waals surface area contributed by atoms with E-state index >= 15 is 0 Å². The summed E-state index contributed by atoms with van der Waals surface area (Å²) >= 11 is 0. The van der Waals surface area contributed by atoms with Crippen molar-refractivity contribution in [1.82, 2.24) is 4.90 Å². The van der Waals surface area contributed by atoms with E-state index in [0.29, 0.717) is 30.3 Å². The summed E-state index contributed by atoms with van der Waals surface area (Å²) in [6, 6.07) is 21.4. The SMILES string of the molecule is CC(C)CCOc1cccc(C2/C(=C(\O)c3ccc(F)cc3)C(=O)C(=O)N2CCc2ccccc2)c1. The van der Waals surface area contributed by atoms with Gasteiger partial charge in [-0.05, 0) is 66.3 Å². The van der Waals surface area contributed by atoms with Gasteiger partial charge in [-0.2, -0.15) is 0 Å². The Labute approximate surface area is 210 Å². The smallest absolute Gasteiger partial charge is 0.295 e. The Morgan fingerprint density at radius 1 is 1.00 bits per heavy atom. The number of ketones is 1. The highest BCUT2D eigenvalue weighted by atomic mass is 19.1. The molecule has 3 aromatic rings. The first-order valence-corrected chi connectivity index (χ1v) is 12.2. The van der Waals surface area contributed by atoms with Crippen LogP contribution in [0.2, 0.25) is 0 Å². The Morgan fingerprint density at radius 2 is 1.72 bits per heavy atom. The Kier molecular flexibility index (Phi) is 7.84. The maximum absolute atomic E-state index is 13.5. The number of hydrogen-bond acceptors (Lipinski definition) is 4. The van der Waals surface area contributed by atoms with E-state index in [1.54, 1.807) is 0 Å². The number of ether oxygens (including phenoxy) is 1. The summed E-state index contributed by atoms with van der Waals surface area (Å²) in [4.78, 5) is 27.9. The van der Waals surface area contributed by atoms with Crippen molar-refractivity contribution in [3.05, 3.63) is 107 Å². The van der Waals surface area contributed by atoms with Gasteiger partial charge in [0.25, 0.3) is 11.7 Å². The first-order chi connectivity index (χ1) is 17.3. The van der Waals surface area contributed by atoms with E-state index in [9.17, 15) is 19.1 Å². The molecule has 5 nitrogen and oxygen atoms in total. The lowest BCUT2D eigenvalue weighted by Crippen LogP contribution is -2.31. The van der Waals surface area contributed by atoms with Gasteiger partial charge in [-0.3, -0.25) is 9.59 Å². The summed E-state index contributed by atoms with van der Waals surface area (Å²) in [5.74, 6) is -1.10. The predicted molar refractivity (Wildman–Crippen MR) is 137 cm³/mol. The first kappa shape index (κ1) is 25.2. The molecule has 4 rings (SSSR count). The molecular weight excluding hydrogens is 457 g/mol. The fourth-order valence-electron chi connectivity index (χ4n) is 4.30. The normalized spacial score (nSPS) is 17.1. The molecule has 1 fully saturated rings. The first-order valence-electron chi connectivity index (χ1n) is 12.2. The second-order valence-corrected chi connectivity index (χ2v) is 9.34. The molecule has 0 bridgehead atoms. The second kappa shape index (κ2) is 11.2. The molecule has 0 saturated carbocycles. The summed E-state index contributed by atoms with van der Waals surface area (Å²) in [5.41, 5.74) is 1.95. The topological polar surface area (TPSA) is 66.8 Å². The molecule has 0 radical (unpaired) electrons. The average Bonchev–Trinajstić information content (AvgIpc) is 3.13. The Hall–Kier alpha value is -3.93. The van der Waals surface area contributed by atoms with Crippen molar-refractivity contribution in [2.24, 2.45) is 5.92 Å². The Bertz CT molecular complexity index is 1250. The zero-order valence-electron chi connectivity index (χ0n) is 20.5. The average molecular weight is 488 g/mol.